The van der Waals surface area contributed by atoms with Crippen LogP contribution in [0.25, 0.3) is 0 Å². The van der Waals surface area contributed by atoms with Crippen molar-refractivity contribution in [3.63, 3.8) is 0 Å². The number of hydrogen-bond donors (Lipinski definition) is 1. The first-order valence-electron chi connectivity index (χ1n) is 7.94. The van der Waals surface area contributed by atoms with Crippen molar-refractivity contribution in [2.45, 2.75) is 52.0 Å². The fourth-order valence-corrected chi connectivity index (χ4v) is 2.85. The summed E-state index contributed by atoms with van der Waals surface area (Å²) < 4.78 is 0. The van der Waals surface area contributed by atoms with E-state index in [1.807, 2.05) is 13.8 Å². The SMILES string of the molecule is CC.CN1CCCC(NC(=O)CCN2CCCC2)C1. The van der Waals surface area contributed by atoms with Gasteiger partial charge in [0.1, 0.15) is 0 Å². The Morgan fingerprint density at radius 1 is 1.16 bits per heavy atom. The second kappa shape index (κ2) is 9.32. The maximum atomic E-state index is 11.8. The van der Waals surface area contributed by atoms with E-state index in [0.29, 0.717) is 12.5 Å². The number of nitrogens with zero attached hydrogens (tertiary/aromatic N) is 2. The van der Waals surface area contributed by atoms with Crippen LogP contribution >= 0.6 is 0 Å². The molecule has 0 aromatic carbocycles. The maximum absolute atomic E-state index is 11.8. The molecule has 4 nitrogen and oxygen atoms in total. The smallest absolute Gasteiger partial charge is 0.221 e. The molecular weight excluding hydrogens is 238 g/mol. The van der Waals surface area contributed by atoms with E-state index in [2.05, 4.69) is 22.2 Å². The van der Waals surface area contributed by atoms with Crippen LogP contribution in [0.15, 0.2) is 0 Å². The molecule has 0 saturated carbocycles. The molecule has 2 rings (SSSR count). The van der Waals surface area contributed by atoms with Gasteiger partial charge in [0.15, 0.2) is 0 Å². The van der Waals surface area contributed by atoms with Crippen LogP contribution in [0, 0.1) is 0 Å². The Morgan fingerprint density at radius 3 is 2.47 bits per heavy atom. The summed E-state index contributed by atoms with van der Waals surface area (Å²) >= 11 is 0. The van der Waals surface area contributed by atoms with Crippen molar-refractivity contribution in [2.75, 3.05) is 39.8 Å². The highest BCUT2D eigenvalue weighted by molar-refractivity contribution is 5.76. The molecule has 0 bridgehead atoms. The van der Waals surface area contributed by atoms with E-state index < -0.39 is 0 Å². The second-order valence-electron chi connectivity index (χ2n) is 5.47. The van der Waals surface area contributed by atoms with Gasteiger partial charge in [-0.1, -0.05) is 13.8 Å². The van der Waals surface area contributed by atoms with Gasteiger partial charge in [-0.15, -0.1) is 0 Å². The van der Waals surface area contributed by atoms with Gasteiger partial charge >= 0.3 is 0 Å². The van der Waals surface area contributed by atoms with E-state index in [9.17, 15) is 4.79 Å². The molecule has 2 aliphatic rings. The van der Waals surface area contributed by atoms with E-state index in [4.69, 9.17) is 0 Å². The van der Waals surface area contributed by atoms with Crippen LogP contribution in [0.4, 0.5) is 0 Å². The Hall–Kier alpha value is -0.610. The second-order valence-corrected chi connectivity index (χ2v) is 5.47. The van der Waals surface area contributed by atoms with Gasteiger partial charge < -0.3 is 15.1 Å². The van der Waals surface area contributed by atoms with Crippen LogP contribution in [-0.4, -0.2) is 61.5 Å². The summed E-state index contributed by atoms with van der Waals surface area (Å²) in [7, 11) is 2.13. The Kier molecular flexibility index (Phi) is 8.07. The first-order chi connectivity index (χ1) is 9.24. The van der Waals surface area contributed by atoms with Gasteiger partial charge in [-0.25, -0.2) is 0 Å². The van der Waals surface area contributed by atoms with Gasteiger partial charge in [-0.2, -0.15) is 0 Å². The predicted octanol–water partition coefficient (Wildman–Crippen LogP) is 1.71. The number of likely N-dealkylation sites (N-methyl/N-ethyl adjacent to an activating group) is 1. The third kappa shape index (κ3) is 6.39. The number of likely N-dealkylation sites (tertiary alicyclic amines) is 2. The molecule has 2 aliphatic heterocycles. The van der Waals surface area contributed by atoms with Crippen molar-refractivity contribution in [3.05, 3.63) is 0 Å². The fraction of sp³-hybridized carbons (Fsp3) is 0.933. The maximum Gasteiger partial charge on any atom is 0.221 e. The molecule has 0 aromatic rings. The zero-order valence-corrected chi connectivity index (χ0v) is 13.0. The Morgan fingerprint density at radius 2 is 1.84 bits per heavy atom. The van der Waals surface area contributed by atoms with Gasteiger partial charge in [-0.05, 0) is 52.4 Å². The summed E-state index contributed by atoms with van der Waals surface area (Å²) in [6.45, 7) is 9.48. The highest BCUT2D eigenvalue weighted by Gasteiger charge is 2.19. The van der Waals surface area contributed by atoms with Crippen molar-refractivity contribution >= 4 is 5.91 Å². The summed E-state index contributed by atoms with van der Waals surface area (Å²) in [5, 5.41) is 3.17. The molecule has 2 saturated heterocycles. The van der Waals surface area contributed by atoms with E-state index in [1.54, 1.807) is 0 Å². The van der Waals surface area contributed by atoms with Gasteiger partial charge in [0.05, 0.1) is 0 Å². The lowest BCUT2D eigenvalue weighted by Gasteiger charge is -2.30. The number of rotatable bonds is 4. The molecule has 2 fully saturated rings. The normalized spacial score (nSPS) is 24.7. The first-order valence-corrected chi connectivity index (χ1v) is 7.94. The Bertz CT molecular complexity index is 252. The number of hydrogen-bond acceptors (Lipinski definition) is 3. The topological polar surface area (TPSA) is 35.6 Å². The lowest BCUT2D eigenvalue weighted by molar-refractivity contribution is -0.122. The third-order valence-corrected chi connectivity index (χ3v) is 3.84. The predicted molar refractivity (Wildman–Crippen MR) is 80.3 cm³/mol. The van der Waals surface area contributed by atoms with E-state index in [1.165, 1.54) is 38.9 Å². The lowest BCUT2D eigenvalue weighted by atomic mass is 10.1. The average Bonchev–Trinajstić information content (AvgIpc) is 2.92. The van der Waals surface area contributed by atoms with E-state index in [-0.39, 0.29) is 5.91 Å². The molecule has 112 valence electrons. The number of nitrogens with one attached hydrogen (secondary N) is 1. The largest absolute Gasteiger partial charge is 0.352 e. The zero-order valence-electron chi connectivity index (χ0n) is 13.0. The molecule has 0 aromatic heterocycles. The van der Waals surface area contributed by atoms with Gasteiger partial charge in [0, 0.05) is 25.6 Å². The summed E-state index contributed by atoms with van der Waals surface area (Å²) in [6, 6.07) is 0.375. The molecule has 0 aliphatic carbocycles. The molecule has 0 radical (unpaired) electrons. The summed E-state index contributed by atoms with van der Waals surface area (Å²) in [4.78, 5) is 16.5. The van der Waals surface area contributed by atoms with Crippen molar-refractivity contribution in [1.82, 2.24) is 15.1 Å². The standard InChI is InChI=1S/C13H25N3O.C2H6/c1-15-7-4-5-12(11-15)14-13(17)6-10-16-8-2-3-9-16;1-2/h12H,2-11H2,1H3,(H,14,17);1-2H3. The molecule has 0 spiro atoms. The Labute approximate surface area is 118 Å². The molecule has 1 atom stereocenters. The summed E-state index contributed by atoms with van der Waals surface area (Å²) in [5.74, 6) is 0.234. The third-order valence-electron chi connectivity index (χ3n) is 3.84. The molecule has 1 N–H and O–H groups in total. The van der Waals surface area contributed by atoms with Gasteiger partial charge in [-0.3, -0.25) is 4.79 Å². The van der Waals surface area contributed by atoms with Crippen molar-refractivity contribution in [3.8, 4) is 0 Å². The van der Waals surface area contributed by atoms with Gasteiger partial charge in [0.25, 0.3) is 0 Å². The van der Waals surface area contributed by atoms with Crippen molar-refractivity contribution in [1.29, 1.82) is 0 Å². The van der Waals surface area contributed by atoms with Gasteiger partial charge in [0.2, 0.25) is 5.91 Å². The fourth-order valence-electron chi connectivity index (χ4n) is 2.85. The van der Waals surface area contributed by atoms with Crippen molar-refractivity contribution in [2.24, 2.45) is 0 Å². The monoisotopic (exact) mass is 269 g/mol. The molecule has 1 unspecified atom stereocenters. The lowest BCUT2D eigenvalue weighted by Crippen LogP contribution is -2.46. The van der Waals surface area contributed by atoms with Crippen LogP contribution in [-0.2, 0) is 4.79 Å². The number of amides is 1. The highest BCUT2D eigenvalue weighted by atomic mass is 16.1. The zero-order chi connectivity index (χ0) is 14.1. The Balaban J connectivity index is 0.000000861. The van der Waals surface area contributed by atoms with Crippen LogP contribution < -0.4 is 5.32 Å². The molecule has 2 heterocycles. The minimum absolute atomic E-state index is 0.234. The number of piperidine rings is 1. The molecule has 1 amide bonds. The molecule has 19 heavy (non-hydrogen) atoms. The minimum atomic E-state index is 0.234. The van der Waals surface area contributed by atoms with Crippen LogP contribution in [0.1, 0.15) is 46.0 Å². The van der Waals surface area contributed by atoms with Crippen molar-refractivity contribution < 1.29 is 4.79 Å². The van der Waals surface area contributed by atoms with Crippen LogP contribution in [0.5, 0.6) is 0 Å². The van der Waals surface area contributed by atoms with E-state index in [0.717, 1.165) is 19.5 Å². The van der Waals surface area contributed by atoms with Crippen LogP contribution in [0.2, 0.25) is 0 Å². The first kappa shape index (κ1) is 16.4. The minimum Gasteiger partial charge on any atom is -0.352 e. The summed E-state index contributed by atoms with van der Waals surface area (Å²) in [5.41, 5.74) is 0. The molecular formula is C15H31N3O. The highest BCUT2D eigenvalue weighted by Crippen LogP contribution is 2.09. The molecule has 4 heteroatoms. The van der Waals surface area contributed by atoms with Crippen LogP contribution in [0.3, 0.4) is 0 Å². The quantitative estimate of drug-likeness (QED) is 0.844. The summed E-state index contributed by atoms with van der Waals surface area (Å²) in [6.07, 6.45) is 5.61. The number of carbonyl (C=O) groups excluding carboxylic acids is 1. The average molecular weight is 269 g/mol. The number of carbonyl (C=O) groups is 1. The van der Waals surface area contributed by atoms with E-state index >= 15 is 0 Å².